The van der Waals surface area contributed by atoms with Gasteiger partial charge in [-0.15, -0.1) is 0 Å². The average Bonchev–Trinajstić information content (AvgIpc) is 2.92. The third kappa shape index (κ3) is 1.91. The summed E-state index contributed by atoms with van der Waals surface area (Å²) in [7, 11) is 4.41. The van der Waals surface area contributed by atoms with E-state index in [1.165, 1.54) is 42.6 Å². The molecule has 0 unspecified atom stereocenters. The summed E-state index contributed by atoms with van der Waals surface area (Å²) in [5.74, 6) is 0. The highest BCUT2D eigenvalue weighted by atomic mass is 15.2. The van der Waals surface area contributed by atoms with Crippen molar-refractivity contribution in [2.45, 2.75) is 31.1 Å². The van der Waals surface area contributed by atoms with Crippen LogP contribution in [0.1, 0.15) is 31.2 Å². The van der Waals surface area contributed by atoms with E-state index in [9.17, 15) is 0 Å². The first-order chi connectivity index (χ1) is 9.18. The molecule has 3 nitrogen and oxygen atoms in total. The average molecular weight is 259 g/mol. The maximum atomic E-state index is 6.18. The topological polar surface area (TPSA) is 32.5 Å². The second-order valence-corrected chi connectivity index (χ2v) is 6.21. The second-order valence-electron chi connectivity index (χ2n) is 6.21. The Morgan fingerprint density at radius 1 is 1.11 bits per heavy atom. The van der Waals surface area contributed by atoms with E-state index < -0.39 is 0 Å². The molecule has 0 amide bonds. The normalized spacial score (nSPS) is 21.6. The summed E-state index contributed by atoms with van der Waals surface area (Å²) in [6, 6.07) is 6.76. The first-order valence-electron chi connectivity index (χ1n) is 7.44. The van der Waals surface area contributed by atoms with E-state index >= 15 is 0 Å². The monoisotopic (exact) mass is 259 g/mol. The molecule has 3 rings (SSSR count). The molecule has 1 aliphatic carbocycles. The standard InChI is InChI=1S/C16H25N3/c1-18-10-11-19(2)15-13(6-5-7-14(15)18)16(12-17)8-3-4-9-16/h5-7H,3-4,8-12,17H2,1-2H3. The number of nitrogens with zero attached hydrogens (tertiary/aromatic N) is 2. The summed E-state index contributed by atoms with van der Waals surface area (Å²) in [5, 5.41) is 0. The van der Waals surface area contributed by atoms with Crippen molar-refractivity contribution in [1.82, 2.24) is 0 Å². The zero-order valence-corrected chi connectivity index (χ0v) is 12.2. The van der Waals surface area contributed by atoms with Gasteiger partial charge in [0, 0.05) is 39.1 Å². The number of anilines is 2. The van der Waals surface area contributed by atoms with E-state index in [4.69, 9.17) is 5.73 Å². The lowest BCUT2D eigenvalue weighted by atomic mass is 9.77. The van der Waals surface area contributed by atoms with E-state index in [-0.39, 0.29) is 5.41 Å². The Hall–Kier alpha value is -1.22. The van der Waals surface area contributed by atoms with Crippen molar-refractivity contribution in [1.29, 1.82) is 0 Å². The third-order valence-corrected chi connectivity index (χ3v) is 5.10. The molecule has 0 bridgehead atoms. The van der Waals surface area contributed by atoms with Crippen LogP contribution < -0.4 is 15.5 Å². The lowest BCUT2D eigenvalue weighted by Gasteiger charge is -2.40. The van der Waals surface area contributed by atoms with E-state index in [1.54, 1.807) is 0 Å². The van der Waals surface area contributed by atoms with Gasteiger partial charge in [0.2, 0.25) is 0 Å². The van der Waals surface area contributed by atoms with Gasteiger partial charge in [0.05, 0.1) is 11.4 Å². The molecule has 0 atom stereocenters. The minimum atomic E-state index is 0.220. The van der Waals surface area contributed by atoms with E-state index in [1.807, 2.05) is 0 Å². The summed E-state index contributed by atoms with van der Waals surface area (Å²) in [5.41, 5.74) is 10.7. The molecule has 1 aromatic rings. The van der Waals surface area contributed by atoms with Gasteiger partial charge in [0.15, 0.2) is 0 Å². The molecule has 0 spiro atoms. The number of nitrogens with two attached hydrogens (primary N) is 1. The van der Waals surface area contributed by atoms with Gasteiger partial charge >= 0.3 is 0 Å². The summed E-state index contributed by atoms with van der Waals surface area (Å²) in [4.78, 5) is 4.79. The van der Waals surface area contributed by atoms with Gasteiger partial charge in [-0.1, -0.05) is 25.0 Å². The summed E-state index contributed by atoms with van der Waals surface area (Å²) < 4.78 is 0. The van der Waals surface area contributed by atoms with Crippen LogP contribution >= 0.6 is 0 Å². The Morgan fingerprint density at radius 3 is 2.47 bits per heavy atom. The molecule has 2 aliphatic rings. The fourth-order valence-electron chi connectivity index (χ4n) is 3.84. The van der Waals surface area contributed by atoms with E-state index in [0.717, 1.165) is 19.6 Å². The fraction of sp³-hybridized carbons (Fsp3) is 0.625. The van der Waals surface area contributed by atoms with E-state index in [0.29, 0.717) is 0 Å². The molecule has 3 heteroatoms. The largest absolute Gasteiger partial charge is 0.371 e. The molecular weight excluding hydrogens is 234 g/mol. The molecule has 2 N–H and O–H groups in total. The Kier molecular flexibility index (Phi) is 3.17. The molecule has 0 saturated heterocycles. The Morgan fingerprint density at radius 2 is 1.79 bits per heavy atom. The predicted molar refractivity (Wildman–Crippen MR) is 82.2 cm³/mol. The fourth-order valence-corrected chi connectivity index (χ4v) is 3.84. The molecular formula is C16H25N3. The van der Waals surface area contributed by atoms with Crippen molar-refractivity contribution in [2.75, 3.05) is 43.5 Å². The lowest BCUT2D eigenvalue weighted by molar-refractivity contribution is 0.452. The predicted octanol–water partition coefficient (Wildman–Crippen LogP) is 2.34. The Labute approximate surface area is 116 Å². The van der Waals surface area contributed by atoms with Gasteiger partial charge in [0.25, 0.3) is 0 Å². The molecule has 1 aromatic carbocycles. The highest BCUT2D eigenvalue weighted by Crippen LogP contribution is 2.47. The third-order valence-electron chi connectivity index (χ3n) is 5.10. The van der Waals surface area contributed by atoms with Crippen molar-refractivity contribution >= 4 is 11.4 Å². The van der Waals surface area contributed by atoms with Crippen molar-refractivity contribution < 1.29 is 0 Å². The van der Waals surface area contributed by atoms with Crippen LogP contribution in [0.5, 0.6) is 0 Å². The van der Waals surface area contributed by atoms with Crippen LogP contribution in [0, 0.1) is 0 Å². The zero-order valence-electron chi connectivity index (χ0n) is 12.2. The van der Waals surface area contributed by atoms with Crippen molar-refractivity contribution in [2.24, 2.45) is 5.73 Å². The van der Waals surface area contributed by atoms with Gasteiger partial charge in [-0.3, -0.25) is 0 Å². The van der Waals surface area contributed by atoms with Crippen LogP contribution in [-0.2, 0) is 5.41 Å². The number of likely N-dealkylation sites (N-methyl/N-ethyl adjacent to an activating group) is 2. The highest BCUT2D eigenvalue weighted by molar-refractivity contribution is 5.77. The van der Waals surface area contributed by atoms with Crippen molar-refractivity contribution in [3.63, 3.8) is 0 Å². The highest BCUT2D eigenvalue weighted by Gasteiger charge is 2.38. The SMILES string of the molecule is CN1CCN(C)c2c1cccc2C1(CN)CCCC1. The van der Waals surface area contributed by atoms with Crippen LogP contribution in [0.3, 0.4) is 0 Å². The number of hydrogen-bond acceptors (Lipinski definition) is 3. The number of hydrogen-bond donors (Lipinski definition) is 1. The second kappa shape index (κ2) is 4.71. The van der Waals surface area contributed by atoms with E-state index in [2.05, 4.69) is 42.1 Å². The minimum Gasteiger partial charge on any atom is -0.371 e. The van der Waals surface area contributed by atoms with Crippen LogP contribution in [0.25, 0.3) is 0 Å². The van der Waals surface area contributed by atoms with Crippen LogP contribution in [0.2, 0.25) is 0 Å². The van der Waals surface area contributed by atoms with Crippen LogP contribution in [-0.4, -0.2) is 33.7 Å². The number of fused-ring (bicyclic) bond motifs is 1. The number of para-hydroxylation sites is 1. The summed E-state index contributed by atoms with van der Waals surface area (Å²) in [6.07, 6.45) is 5.13. The molecule has 0 aromatic heterocycles. The van der Waals surface area contributed by atoms with Crippen molar-refractivity contribution in [3.8, 4) is 0 Å². The smallest absolute Gasteiger partial charge is 0.0640 e. The number of rotatable bonds is 2. The van der Waals surface area contributed by atoms with Gasteiger partial charge < -0.3 is 15.5 Å². The Balaban J connectivity index is 2.14. The van der Waals surface area contributed by atoms with Crippen LogP contribution in [0.4, 0.5) is 11.4 Å². The molecule has 19 heavy (non-hydrogen) atoms. The maximum Gasteiger partial charge on any atom is 0.0640 e. The van der Waals surface area contributed by atoms with Gasteiger partial charge in [-0.2, -0.15) is 0 Å². The molecule has 1 saturated carbocycles. The lowest BCUT2D eigenvalue weighted by Crippen LogP contribution is -2.40. The van der Waals surface area contributed by atoms with Crippen molar-refractivity contribution in [3.05, 3.63) is 23.8 Å². The first kappa shape index (κ1) is 12.8. The number of benzene rings is 1. The summed E-state index contributed by atoms with van der Waals surface area (Å²) in [6.45, 7) is 2.98. The zero-order chi connectivity index (χ0) is 13.5. The molecule has 104 valence electrons. The Bertz CT molecular complexity index is 463. The molecule has 1 aliphatic heterocycles. The van der Waals surface area contributed by atoms with Gasteiger partial charge in [-0.25, -0.2) is 0 Å². The molecule has 1 heterocycles. The maximum absolute atomic E-state index is 6.18. The minimum absolute atomic E-state index is 0.220. The summed E-state index contributed by atoms with van der Waals surface area (Å²) >= 11 is 0. The first-order valence-corrected chi connectivity index (χ1v) is 7.44. The van der Waals surface area contributed by atoms with Gasteiger partial charge in [-0.05, 0) is 24.5 Å². The van der Waals surface area contributed by atoms with Gasteiger partial charge in [0.1, 0.15) is 0 Å². The quantitative estimate of drug-likeness (QED) is 0.885. The molecule has 1 fully saturated rings. The van der Waals surface area contributed by atoms with Crippen LogP contribution in [0.15, 0.2) is 18.2 Å². The molecule has 0 radical (unpaired) electrons.